The quantitative estimate of drug-likeness (QED) is 0.231. The second-order valence-electron chi connectivity index (χ2n) is 6.01. The Bertz CT molecular complexity index is 782. The van der Waals surface area contributed by atoms with Gasteiger partial charge in [-0.1, -0.05) is 17.7 Å². The summed E-state index contributed by atoms with van der Waals surface area (Å²) in [6.07, 6.45) is 0. The fourth-order valence-electron chi connectivity index (χ4n) is 2.67. The van der Waals surface area contributed by atoms with Crippen molar-refractivity contribution >= 4 is 29.9 Å². The van der Waals surface area contributed by atoms with Crippen LogP contribution in [0.3, 0.4) is 0 Å². The van der Waals surface area contributed by atoms with Crippen molar-refractivity contribution in [3.05, 3.63) is 47.5 Å². The second kappa shape index (κ2) is 13.0. The van der Waals surface area contributed by atoms with E-state index in [1.807, 2.05) is 43.3 Å². The van der Waals surface area contributed by atoms with E-state index in [0.717, 1.165) is 11.3 Å². The van der Waals surface area contributed by atoms with Gasteiger partial charge in [0.1, 0.15) is 12.4 Å². The highest BCUT2D eigenvalue weighted by atomic mass is 127. The summed E-state index contributed by atoms with van der Waals surface area (Å²) in [5.41, 5.74) is 2.14. The Balaban J connectivity index is 0.00000420. The Hall–Kier alpha value is -2.36. The number of hydrogen-bond donors (Lipinski definition) is 2. The first kappa shape index (κ1) is 24.7. The molecule has 2 aromatic carbocycles. The average molecular weight is 515 g/mol. The molecule has 29 heavy (non-hydrogen) atoms. The molecular weight excluding hydrogens is 485 g/mol. The number of rotatable bonds is 9. The van der Waals surface area contributed by atoms with Crippen LogP contribution in [0.4, 0.5) is 0 Å². The van der Waals surface area contributed by atoms with Crippen molar-refractivity contribution in [2.45, 2.75) is 13.5 Å². The molecule has 0 bridgehead atoms. The minimum Gasteiger partial charge on any atom is -0.493 e. The van der Waals surface area contributed by atoms with E-state index in [-0.39, 0.29) is 24.0 Å². The van der Waals surface area contributed by atoms with Crippen molar-refractivity contribution in [3.8, 4) is 23.0 Å². The Labute approximate surface area is 189 Å². The monoisotopic (exact) mass is 515 g/mol. The molecule has 0 spiro atoms. The second-order valence-corrected chi connectivity index (χ2v) is 6.01. The number of methoxy groups -OCH3 is 3. The number of nitrogens with zero attached hydrogens (tertiary/aromatic N) is 1. The SMILES string of the molecule is CN=C(NCCOc1ccc(C)cc1)NCc1ccc(OC)c(OC)c1OC.I. The van der Waals surface area contributed by atoms with Crippen LogP contribution in [0.5, 0.6) is 23.0 Å². The van der Waals surface area contributed by atoms with Crippen LogP contribution in [0.1, 0.15) is 11.1 Å². The van der Waals surface area contributed by atoms with E-state index < -0.39 is 0 Å². The molecule has 0 saturated heterocycles. The topological polar surface area (TPSA) is 73.3 Å². The van der Waals surface area contributed by atoms with Crippen molar-refractivity contribution in [1.82, 2.24) is 10.6 Å². The van der Waals surface area contributed by atoms with Crippen LogP contribution in [0, 0.1) is 6.92 Å². The van der Waals surface area contributed by atoms with Gasteiger partial charge in [-0.05, 0) is 31.2 Å². The highest BCUT2D eigenvalue weighted by Gasteiger charge is 2.15. The maximum absolute atomic E-state index is 5.72. The summed E-state index contributed by atoms with van der Waals surface area (Å²) < 4.78 is 22.0. The third kappa shape index (κ3) is 7.19. The third-order valence-electron chi connectivity index (χ3n) is 4.14. The van der Waals surface area contributed by atoms with E-state index in [1.165, 1.54) is 5.56 Å². The smallest absolute Gasteiger partial charge is 0.203 e. The van der Waals surface area contributed by atoms with E-state index in [4.69, 9.17) is 18.9 Å². The summed E-state index contributed by atoms with van der Waals surface area (Å²) in [6, 6.07) is 11.8. The molecule has 8 heteroatoms. The fraction of sp³-hybridized carbons (Fsp3) is 0.381. The summed E-state index contributed by atoms with van der Waals surface area (Å²) in [6.45, 7) is 3.72. The van der Waals surface area contributed by atoms with Gasteiger partial charge in [0.05, 0.1) is 27.9 Å². The van der Waals surface area contributed by atoms with Gasteiger partial charge in [-0.15, -0.1) is 24.0 Å². The van der Waals surface area contributed by atoms with Crippen molar-refractivity contribution in [3.63, 3.8) is 0 Å². The number of guanidine groups is 1. The van der Waals surface area contributed by atoms with Crippen LogP contribution in [-0.2, 0) is 6.54 Å². The maximum atomic E-state index is 5.72. The third-order valence-corrected chi connectivity index (χ3v) is 4.14. The average Bonchev–Trinajstić information content (AvgIpc) is 2.73. The van der Waals surface area contributed by atoms with E-state index in [2.05, 4.69) is 15.6 Å². The van der Waals surface area contributed by atoms with Gasteiger partial charge in [0.15, 0.2) is 17.5 Å². The zero-order valence-electron chi connectivity index (χ0n) is 17.6. The molecule has 0 heterocycles. The lowest BCUT2D eigenvalue weighted by Gasteiger charge is -2.17. The lowest BCUT2D eigenvalue weighted by atomic mass is 10.1. The maximum Gasteiger partial charge on any atom is 0.203 e. The molecule has 0 unspecified atom stereocenters. The fourth-order valence-corrected chi connectivity index (χ4v) is 2.67. The summed E-state index contributed by atoms with van der Waals surface area (Å²) in [4.78, 5) is 4.23. The molecule has 0 atom stereocenters. The first-order valence-corrected chi connectivity index (χ1v) is 9.04. The van der Waals surface area contributed by atoms with Crippen LogP contribution in [0.25, 0.3) is 0 Å². The molecule has 2 N–H and O–H groups in total. The van der Waals surface area contributed by atoms with E-state index in [9.17, 15) is 0 Å². The molecule has 2 aromatic rings. The zero-order chi connectivity index (χ0) is 20.4. The predicted molar refractivity (Wildman–Crippen MR) is 126 cm³/mol. The predicted octanol–water partition coefficient (Wildman–Crippen LogP) is 3.38. The van der Waals surface area contributed by atoms with E-state index >= 15 is 0 Å². The first-order chi connectivity index (χ1) is 13.6. The molecule has 0 amide bonds. The minimum atomic E-state index is 0. The molecule has 0 saturated carbocycles. The van der Waals surface area contributed by atoms with Gasteiger partial charge in [0, 0.05) is 19.2 Å². The highest BCUT2D eigenvalue weighted by Crippen LogP contribution is 2.39. The Morgan fingerprint density at radius 2 is 1.59 bits per heavy atom. The van der Waals surface area contributed by atoms with Gasteiger partial charge in [-0.25, -0.2) is 0 Å². The van der Waals surface area contributed by atoms with Crippen molar-refractivity contribution in [2.75, 3.05) is 41.5 Å². The first-order valence-electron chi connectivity index (χ1n) is 9.04. The largest absolute Gasteiger partial charge is 0.493 e. The normalized spacial score (nSPS) is 10.6. The van der Waals surface area contributed by atoms with Gasteiger partial charge < -0.3 is 29.6 Å². The summed E-state index contributed by atoms with van der Waals surface area (Å²) >= 11 is 0. The molecule has 0 aliphatic heterocycles. The Kier molecular flexibility index (Phi) is 11.0. The number of ether oxygens (including phenoxy) is 4. The molecule has 0 fully saturated rings. The van der Waals surface area contributed by atoms with Gasteiger partial charge >= 0.3 is 0 Å². The molecule has 2 rings (SSSR count). The lowest BCUT2D eigenvalue weighted by Crippen LogP contribution is -2.38. The van der Waals surface area contributed by atoms with Crippen molar-refractivity contribution < 1.29 is 18.9 Å². The van der Waals surface area contributed by atoms with Crippen molar-refractivity contribution in [1.29, 1.82) is 0 Å². The summed E-state index contributed by atoms with van der Waals surface area (Å²) in [5.74, 6) is 3.35. The number of aliphatic imine (C=N–C) groups is 1. The Morgan fingerprint density at radius 1 is 0.897 bits per heavy atom. The van der Waals surface area contributed by atoms with Crippen LogP contribution in [-0.4, -0.2) is 47.5 Å². The number of hydrogen-bond acceptors (Lipinski definition) is 5. The minimum absolute atomic E-state index is 0. The summed E-state index contributed by atoms with van der Waals surface area (Å²) in [7, 11) is 6.52. The van der Waals surface area contributed by atoms with Gasteiger partial charge in [-0.3, -0.25) is 4.99 Å². The highest BCUT2D eigenvalue weighted by molar-refractivity contribution is 14.0. The molecule has 0 radical (unpaired) electrons. The summed E-state index contributed by atoms with van der Waals surface area (Å²) in [5, 5.41) is 6.49. The Morgan fingerprint density at radius 3 is 2.17 bits per heavy atom. The van der Waals surface area contributed by atoms with E-state index in [0.29, 0.717) is 42.9 Å². The van der Waals surface area contributed by atoms with Crippen LogP contribution in [0.2, 0.25) is 0 Å². The number of aryl methyl sites for hydroxylation is 1. The molecule has 0 aliphatic carbocycles. The van der Waals surface area contributed by atoms with Crippen LogP contribution in [0.15, 0.2) is 41.4 Å². The molecule has 160 valence electrons. The van der Waals surface area contributed by atoms with Gasteiger partial charge in [0.25, 0.3) is 0 Å². The van der Waals surface area contributed by atoms with E-state index in [1.54, 1.807) is 28.4 Å². The lowest BCUT2D eigenvalue weighted by molar-refractivity contribution is 0.321. The number of benzene rings is 2. The standard InChI is InChI=1S/C21H29N3O4.HI/c1-15-6-9-17(10-7-15)28-13-12-23-21(22-2)24-14-16-8-11-18(25-3)20(27-5)19(16)26-4;/h6-11H,12-14H2,1-5H3,(H2,22,23,24);1H. The number of nitrogens with one attached hydrogen (secondary N) is 2. The molecule has 0 aliphatic rings. The molecule has 7 nitrogen and oxygen atoms in total. The number of halogens is 1. The van der Waals surface area contributed by atoms with Crippen molar-refractivity contribution in [2.24, 2.45) is 4.99 Å². The van der Waals surface area contributed by atoms with Gasteiger partial charge in [0.2, 0.25) is 5.75 Å². The van der Waals surface area contributed by atoms with Crippen LogP contribution < -0.4 is 29.6 Å². The van der Waals surface area contributed by atoms with Crippen LogP contribution >= 0.6 is 24.0 Å². The zero-order valence-corrected chi connectivity index (χ0v) is 19.9. The molecule has 0 aromatic heterocycles. The molecular formula is C21H30IN3O4. The van der Waals surface area contributed by atoms with Gasteiger partial charge in [-0.2, -0.15) is 0 Å².